The van der Waals surface area contributed by atoms with Gasteiger partial charge < -0.3 is 14.4 Å². The van der Waals surface area contributed by atoms with Crippen molar-refractivity contribution in [1.29, 1.82) is 0 Å². The topological polar surface area (TPSA) is 47.5 Å². The van der Waals surface area contributed by atoms with Crippen LogP contribution in [0, 0.1) is 17.3 Å². The van der Waals surface area contributed by atoms with Crippen molar-refractivity contribution in [2.45, 2.75) is 59.4 Å². The molecule has 0 radical (unpaired) electrons. The SMILES string of the molecule is CCc1cc(-c2ccc(OC)cc2)ccc1OCCC#Cc1nc(CN(C)C)nc2c1CC(C)(C)CC2. The fourth-order valence-corrected chi connectivity index (χ4v) is 4.77. The molecule has 37 heavy (non-hydrogen) atoms. The molecule has 0 atom stereocenters. The Balaban J connectivity index is 1.45. The fourth-order valence-electron chi connectivity index (χ4n) is 4.77. The molecule has 4 rings (SSSR count). The van der Waals surface area contributed by atoms with Crippen LogP contribution in [-0.4, -0.2) is 42.7 Å². The number of rotatable bonds is 8. The lowest BCUT2D eigenvalue weighted by atomic mass is 9.75. The highest BCUT2D eigenvalue weighted by molar-refractivity contribution is 5.66. The molecule has 194 valence electrons. The van der Waals surface area contributed by atoms with Crippen molar-refractivity contribution in [1.82, 2.24) is 14.9 Å². The predicted octanol–water partition coefficient (Wildman–Crippen LogP) is 6.11. The van der Waals surface area contributed by atoms with Crippen molar-refractivity contribution >= 4 is 0 Å². The molecule has 0 N–H and O–H groups in total. The van der Waals surface area contributed by atoms with E-state index >= 15 is 0 Å². The molecule has 0 unspecified atom stereocenters. The Kier molecular flexibility index (Phi) is 8.51. The van der Waals surface area contributed by atoms with Crippen LogP contribution in [0.15, 0.2) is 42.5 Å². The molecule has 0 aliphatic heterocycles. The van der Waals surface area contributed by atoms with Crippen molar-refractivity contribution < 1.29 is 9.47 Å². The molecule has 1 heterocycles. The van der Waals surface area contributed by atoms with Crippen LogP contribution in [0.2, 0.25) is 0 Å². The van der Waals surface area contributed by atoms with E-state index in [0.717, 1.165) is 60.8 Å². The molecule has 3 aromatic rings. The van der Waals surface area contributed by atoms with E-state index in [0.29, 0.717) is 13.0 Å². The zero-order valence-electron chi connectivity index (χ0n) is 23.1. The molecule has 0 spiro atoms. The number of nitrogens with zero attached hydrogens (tertiary/aromatic N) is 3. The van der Waals surface area contributed by atoms with Gasteiger partial charge in [0, 0.05) is 17.7 Å². The van der Waals surface area contributed by atoms with Gasteiger partial charge in [-0.2, -0.15) is 0 Å². The number of aryl methyl sites for hydroxylation is 2. The Morgan fingerprint density at radius 1 is 1.03 bits per heavy atom. The van der Waals surface area contributed by atoms with Crippen LogP contribution in [0.4, 0.5) is 0 Å². The van der Waals surface area contributed by atoms with E-state index < -0.39 is 0 Å². The van der Waals surface area contributed by atoms with Crippen molar-refractivity contribution in [2.24, 2.45) is 5.41 Å². The fraction of sp³-hybridized carbons (Fsp3) is 0.438. The van der Waals surface area contributed by atoms with E-state index in [1.54, 1.807) is 7.11 Å². The minimum Gasteiger partial charge on any atom is -0.497 e. The van der Waals surface area contributed by atoms with E-state index in [1.165, 1.54) is 22.4 Å². The Morgan fingerprint density at radius 3 is 2.49 bits per heavy atom. The lowest BCUT2D eigenvalue weighted by Crippen LogP contribution is -2.26. The van der Waals surface area contributed by atoms with Crippen LogP contribution < -0.4 is 9.47 Å². The molecule has 1 aliphatic carbocycles. The van der Waals surface area contributed by atoms with E-state index in [1.807, 2.05) is 26.2 Å². The third-order valence-electron chi connectivity index (χ3n) is 6.85. The third kappa shape index (κ3) is 6.90. The normalized spacial score (nSPS) is 14.0. The summed E-state index contributed by atoms with van der Waals surface area (Å²) in [5.41, 5.74) is 7.10. The molecule has 0 saturated carbocycles. The molecule has 1 aliphatic rings. The molecular formula is C32H39N3O2. The summed E-state index contributed by atoms with van der Waals surface area (Å²) in [5, 5.41) is 0. The quantitative estimate of drug-likeness (QED) is 0.278. The van der Waals surface area contributed by atoms with Crippen LogP contribution in [0.5, 0.6) is 11.5 Å². The van der Waals surface area contributed by atoms with E-state index in [2.05, 4.69) is 67.8 Å². The van der Waals surface area contributed by atoms with Crippen LogP contribution >= 0.6 is 0 Å². The van der Waals surface area contributed by atoms with Crippen LogP contribution in [0.25, 0.3) is 11.1 Å². The number of aromatic nitrogens is 2. The number of methoxy groups -OCH3 is 1. The average molecular weight is 498 g/mol. The molecule has 5 nitrogen and oxygen atoms in total. The summed E-state index contributed by atoms with van der Waals surface area (Å²) in [6.07, 6.45) is 4.67. The minimum atomic E-state index is 0.257. The first kappa shape index (κ1) is 26.7. The maximum Gasteiger partial charge on any atom is 0.144 e. The van der Waals surface area contributed by atoms with Crippen LogP contribution in [-0.2, 0) is 25.8 Å². The van der Waals surface area contributed by atoms with Gasteiger partial charge in [0.1, 0.15) is 23.0 Å². The molecule has 1 aromatic heterocycles. The summed E-state index contributed by atoms with van der Waals surface area (Å²) in [6.45, 7) is 8.07. The third-order valence-corrected chi connectivity index (χ3v) is 6.85. The van der Waals surface area contributed by atoms with E-state index in [9.17, 15) is 0 Å². The first-order chi connectivity index (χ1) is 17.8. The van der Waals surface area contributed by atoms with Gasteiger partial charge in [0.25, 0.3) is 0 Å². The van der Waals surface area contributed by atoms with Crippen molar-refractivity contribution in [3.63, 3.8) is 0 Å². The summed E-state index contributed by atoms with van der Waals surface area (Å²) < 4.78 is 11.4. The Labute approximate surface area is 222 Å². The first-order valence-electron chi connectivity index (χ1n) is 13.2. The zero-order chi connectivity index (χ0) is 26.4. The molecule has 0 amide bonds. The molecule has 0 fully saturated rings. The van der Waals surface area contributed by atoms with Crippen molar-refractivity contribution in [3.05, 3.63) is 70.8 Å². The summed E-state index contributed by atoms with van der Waals surface area (Å²) in [7, 11) is 5.77. The summed E-state index contributed by atoms with van der Waals surface area (Å²) in [4.78, 5) is 11.8. The van der Waals surface area contributed by atoms with Crippen LogP contribution in [0.1, 0.15) is 62.0 Å². The number of benzene rings is 2. The summed E-state index contributed by atoms with van der Waals surface area (Å²) >= 11 is 0. The van der Waals surface area contributed by atoms with Gasteiger partial charge in [-0.3, -0.25) is 0 Å². The largest absolute Gasteiger partial charge is 0.497 e. The van der Waals surface area contributed by atoms with Crippen LogP contribution in [0.3, 0.4) is 0 Å². The number of ether oxygens (including phenoxy) is 2. The second-order valence-electron chi connectivity index (χ2n) is 10.8. The zero-order valence-corrected chi connectivity index (χ0v) is 23.1. The van der Waals surface area contributed by atoms with E-state index in [4.69, 9.17) is 19.4 Å². The maximum absolute atomic E-state index is 6.15. The second-order valence-corrected chi connectivity index (χ2v) is 10.8. The number of fused-ring (bicyclic) bond motifs is 1. The van der Waals surface area contributed by atoms with Gasteiger partial charge in [-0.1, -0.05) is 44.9 Å². The highest BCUT2D eigenvalue weighted by Gasteiger charge is 2.28. The summed E-state index contributed by atoms with van der Waals surface area (Å²) in [6, 6.07) is 14.5. The highest BCUT2D eigenvalue weighted by atomic mass is 16.5. The van der Waals surface area contributed by atoms with E-state index in [-0.39, 0.29) is 5.41 Å². The summed E-state index contributed by atoms with van der Waals surface area (Å²) in [5.74, 6) is 9.34. The lowest BCUT2D eigenvalue weighted by Gasteiger charge is -2.31. The van der Waals surface area contributed by atoms with Crippen molar-refractivity contribution in [2.75, 3.05) is 27.8 Å². The second kappa shape index (κ2) is 11.8. The molecule has 5 heteroatoms. The van der Waals surface area contributed by atoms with Crippen molar-refractivity contribution in [3.8, 4) is 34.5 Å². The maximum atomic E-state index is 6.15. The monoisotopic (exact) mass is 497 g/mol. The van der Waals surface area contributed by atoms with Gasteiger partial charge in [0.15, 0.2) is 0 Å². The standard InChI is InChI=1S/C32H39N3O2/c1-7-23-20-25(24-11-14-26(36-6)15-12-24)13-16-30(23)37-19-9-8-10-28-27-21-32(2,3)18-17-29(27)34-31(33-28)22-35(4)5/h11-16,20H,7,9,17-19,21-22H2,1-6H3. The Hall–Kier alpha value is -3.36. The first-order valence-corrected chi connectivity index (χ1v) is 13.2. The molecule has 2 aromatic carbocycles. The van der Waals surface area contributed by atoms with Gasteiger partial charge in [0.2, 0.25) is 0 Å². The van der Waals surface area contributed by atoms with Gasteiger partial charge in [-0.05, 0) is 92.1 Å². The Morgan fingerprint density at radius 2 is 1.78 bits per heavy atom. The Bertz CT molecular complexity index is 1280. The molecule has 0 bridgehead atoms. The van der Waals surface area contributed by atoms with Gasteiger partial charge in [-0.15, -0.1) is 0 Å². The average Bonchev–Trinajstić information content (AvgIpc) is 2.88. The highest BCUT2D eigenvalue weighted by Crippen LogP contribution is 2.35. The van der Waals surface area contributed by atoms with Gasteiger partial charge in [0.05, 0.1) is 20.3 Å². The number of hydrogen-bond acceptors (Lipinski definition) is 5. The molecular weight excluding hydrogens is 458 g/mol. The van der Waals surface area contributed by atoms with Gasteiger partial charge >= 0.3 is 0 Å². The minimum absolute atomic E-state index is 0.257. The smallest absolute Gasteiger partial charge is 0.144 e. The van der Waals surface area contributed by atoms with Gasteiger partial charge in [-0.25, -0.2) is 9.97 Å². The lowest BCUT2D eigenvalue weighted by molar-refractivity contribution is 0.309. The predicted molar refractivity (Wildman–Crippen MR) is 150 cm³/mol. The number of hydrogen-bond donors (Lipinski definition) is 0. The molecule has 0 saturated heterocycles.